The van der Waals surface area contributed by atoms with Gasteiger partial charge in [0.25, 0.3) is 21.7 Å². The van der Waals surface area contributed by atoms with Gasteiger partial charge in [-0.3, -0.25) is 19.5 Å². The van der Waals surface area contributed by atoms with Crippen LogP contribution in [0.4, 0.5) is 11.4 Å². The molecule has 0 radical (unpaired) electrons. The van der Waals surface area contributed by atoms with Gasteiger partial charge in [0.15, 0.2) is 0 Å². The topological polar surface area (TPSA) is 147 Å². The number of amides is 1. The first-order chi connectivity index (χ1) is 13.1. The first-order valence-electron chi connectivity index (χ1n) is 7.87. The predicted molar refractivity (Wildman–Crippen MR) is 101 cm³/mol. The number of nitrogens with zero attached hydrogens (tertiary/aromatic N) is 1. The van der Waals surface area contributed by atoms with E-state index in [0.29, 0.717) is 10.9 Å². The highest BCUT2D eigenvalue weighted by molar-refractivity contribution is 7.85. The summed E-state index contributed by atoms with van der Waals surface area (Å²) in [5.74, 6) is -1.23. The molecule has 0 saturated heterocycles. The van der Waals surface area contributed by atoms with E-state index in [1.165, 1.54) is 42.5 Å². The van der Waals surface area contributed by atoms with Crippen LogP contribution >= 0.6 is 0 Å². The van der Waals surface area contributed by atoms with Crippen molar-refractivity contribution in [2.75, 3.05) is 5.32 Å². The van der Waals surface area contributed by atoms with Crippen LogP contribution in [-0.4, -0.2) is 28.9 Å². The van der Waals surface area contributed by atoms with Crippen LogP contribution in [-0.2, 0) is 10.1 Å². The van der Waals surface area contributed by atoms with Crippen molar-refractivity contribution in [3.8, 4) is 5.75 Å². The molecule has 0 aliphatic carbocycles. The number of carbonyl (C=O) groups is 1. The lowest BCUT2D eigenvalue weighted by Gasteiger charge is -2.12. The van der Waals surface area contributed by atoms with E-state index in [4.69, 9.17) is 0 Å². The molecule has 0 unspecified atom stereocenters. The number of carbonyl (C=O) groups excluding carboxylic acids is 1. The highest BCUT2D eigenvalue weighted by atomic mass is 32.2. The molecule has 3 rings (SSSR count). The molecule has 0 heterocycles. The summed E-state index contributed by atoms with van der Waals surface area (Å²) in [4.78, 5) is 22.8. The van der Waals surface area contributed by atoms with Crippen LogP contribution in [0.15, 0.2) is 53.4 Å². The van der Waals surface area contributed by atoms with Crippen molar-refractivity contribution in [1.29, 1.82) is 0 Å². The summed E-state index contributed by atoms with van der Waals surface area (Å²) in [6.45, 7) is 1.64. The van der Waals surface area contributed by atoms with E-state index in [9.17, 15) is 33.0 Å². The summed E-state index contributed by atoms with van der Waals surface area (Å²) in [5.41, 5.74) is -0.175. The van der Waals surface area contributed by atoms with Gasteiger partial charge in [-0.25, -0.2) is 0 Å². The minimum atomic E-state index is -4.51. The van der Waals surface area contributed by atoms with Gasteiger partial charge in [-0.2, -0.15) is 8.42 Å². The molecule has 0 aliphatic rings. The number of rotatable bonds is 4. The number of phenolic OH excluding ortho intramolecular Hbond substituents is 1. The molecular formula is C18H14N2O7S. The van der Waals surface area contributed by atoms with Gasteiger partial charge in [0.2, 0.25) is 0 Å². The minimum absolute atomic E-state index is 0.136. The summed E-state index contributed by atoms with van der Waals surface area (Å²) in [6.07, 6.45) is 0. The SMILES string of the molecule is Cc1ccc(C(=O)Nc2c(O)ccc3ccc(S(=O)(=O)O)cc23)c([N+](=O)[O-])c1. The Labute approximate surface area is 159 Å². The molecule has 0 aromatic heterocycles. The number of phenols is 1. The number of fused-ring (bicyclic) bond motifs is 1. The van der Waals surface area contributed by atoms with Gasteiger partial charge in [-0.1, -0.05) is 18.2 Å². The molecule has 1 amide bonds. The monoisotopic (exact) mass is 402 g/mol. The largest absolute Gasteiger partial charge is 0.506 e. The fourth-order valence-electron chi connectivity index (χ4n) is 2.74. The lowest BCUT2D eigenvalue weighted by Crippen LogP contribution is -2.14. The fraction of sp³-hybridized carbons (Fsp3) is 0.0556. The van der Waals surface area contributed by atoms with Crippen molar-refractivity contribution in [3.63, 3.8) is 0 Å². The van der Waals surface area contributed by atoms with Gasteiger partial charge in [0.1, 0.15) is 11.3 Å². The van der Waals surface area contributed by atoms with E-state index in [0.717, 1.165) is 6.07 Å². The highest BCUT2D eigenvalue weighted by Crippen LogP contribution is 2.34. The molecule has 9 nitrogen and oxygen atoms in total. The van der Waals surface area contributed by atoms with Crippen molar-refractivity contribution in [2.45, 2.75) is 11.8 Å². The molecule has 3 aromatic rings. The summed E-state index contributed by atoms with van der Waals surface area (Å²) < 4.78 is 32.0. The number of aromatic hydroxyl groups is 1. The third kappa shape index (κ3) is 3.63. The Bertz CT molecular complexity index is 1240. The van der Waals surface area contributed by atoms with Crippen molar-refractivity contribution in [1.82, 2.24) is 0 Å². The second-order valence-corrected chi connectivity index (χ2v) is 7.47. The average Bonchev–Trinajstić information content (AvgIpc) is 2.62. The van der Waals surface area contributed by atoms with Crippen LogP contribution < -0.4 is 5.32 Å². The third-order valence-electron chi connectivity index (χ3n) is 4.10. The fourth-order valence-corrected chi connectivity index (χ4v) is 3.25. The molecule has 144 valence electrons. The van der Waals surface area contributed by atoms with E-state index in [1.54, 1.807) is 6.92 Å². The maximum absolute atomic E-state index is 12.6. The van der Waals surface area contributed by atoms with Crippen LogP contribution in [0.2, 0.25) is 0 Å². The van der Waals surface area contributed by atoms with Crippen LogP contribution in [0.1, 0.15) is 15.9 Å². The molecule has 10 heteroatoms. The number of benzene rings is 3. The molecule has 0 saturated carbocycles. The van der Waals surface area contributed by atoms with Crippen LogP contribution in [0.3, 0.4) is 0 Å². The maximum Gasteiger partial charge on any atom is 0.294 e. The molecule has 3 N–H and O–H groups in total. The first kappa shape index (κ1) is 19.3. The second-order valence-electron chi connectivity index (χ2n) is 6.05. The van der Waals surface area contributed by atoms with Crippen LogP contribution in [0.25, 0.3) is 10.8 Å². The summed E-state index contributed by atoms with van der Waals surface area (Å²) in [7, 11) is -4.51. The lowest BCUT2D eigenvalue weighted by molar-refractivity contribution is -0.385. The standard InChI is InChI=1S/C18H14N2O7S/c1-10-2-6-13(15(8-10)20(23)24)18(22)19-17-14-9-12(28(25,26)27)5-3-11(14)4-7-16(17)21/h2-9,21H,1H3,(H,19,22)(H,25,26,27). The lowest BCUT2D eigenvalue weighted by atomic mass is 10.1. The zero-order valence-corrected chi connectivity index (χ0v) is 15.2. The number of anilines is 1. The predicted octanol–water partition coefficient (Wildman–Crippen LogP) is 3.26. The summed E-state index contributed by atoms with van der Waals surface area (Å²) >= 11 is 0. The quantitative estimate of drug-likeness (QED) is 0.263. The second kappa shape index (κ2) is 6.91. The molecule has 3 aromatic carbocycles. The molecule has 0 bridgehead atoms. The normalized spacial score (nSPS) is 11.4. The number of nitro benzene ring substituents is 1. The molecule has 0 fully saturated rings. The Morgan fingerprint density at radius 1 is 1.11 bits per heavy atom. The average molecular weight is 402 g/mol. The molecular weight excluding hydrogens is 388 g/mol. The van der Waals surface area contributed by atoms with E-state index >= 15 is 0 Å². The van der Waals surface area contributed by atoms with E-state index in [1.807, 2.05) is 0 Å². The van der Waals surface area contributed by atoms with Crippen molar-refractivity contribution in [3.05, 3.63) is 69.8 Å². The zero-order valence-electron chi connectivity index (χ0n) is 14.4. The Morgan fingerprint density at radius 2 is 1.79 bits per heavy atom. The maximum atomic E-state index is 12.6. The van der Waals surface area contributed by atoms with E-state index in [-0.39, 0.29) is 22.4 Å². The van der Waals surface area contributed by atoms with Gasteiger partial charge in [-0.05, 0) is 42.1 Å². The first-order valence-corrected chi connectivity index (χ1v) is 9.31. The zero-order chi connectivity index (χ0) is 20.6. The van der Waals surface area contributed by atoms with E-state index in [2.05, 4.69) is 5.32 Å². The van der Waals surface area contributed by atoms with E-state index < -0.39 is 31.5 Å². The van der Waals surface area contributed by atoms with Crippen LogP contribution in [0.5, 0.6) is 5.75 Å². The van der Waals surface area contributed by atoms with Gasteiger partial charge in [-0.15, -0.1) is 0 Å². The Hall–Kier alpha value is -3.50. The van der Waals surface area contributed by atoms with Crippen LogP contribution in [0, 0.1) is 17.0 Å². The number of nitrogens with one attached hydrogen (secondary N) is 1. The molecule has 0 aliphatic heterocycles. The molecule has 0 atom stereocenters. The van der Waals surface area contributed by atoms with Gasteiger partial charge < -0.3 is 10.4 Å². The van der Waals surface area contributed by atoms with Crippen molar-refractivity contribution in [2.24, 2.45) is 0 Å². The number of hydrogen-bond acceptors (Lipinski definition) is 6. The highest BCUT2D eigenvalue weighted by Gasteiger charge is 2.22. The number of hydrogen-bond donors (Lipinski definition) is 3. The van der Waals surface area contributed by atoms with Crippen molar-refractivity contribution < 1.29 is 27.8 Å². The minimum Gasteiger partial charge on any atom is -0.506 e. The molecule has 28 heavy (non-hydrogen) atoms. The smallest absolute Gasteiger partial charge is 0.294 e. The Morgan fingerprint density at radius 3 is 2.43 bits per heavy atom. The summed E-state index contributed by atoms with van der Waals surface area (Å²) in [6, 6.07) is 10.5. The van der Waals surface area contributed by atoms with Gasteiger partial charge in [0, 0.05) is 11.5 Å². The third-order valence-corrected chi connectivity index (χ3v) is 4.95. The number of aryl methyl sites for hydroxylation is 1. The Balaban J connectivity index is 2.13. The summed E-state index contributed by atoms with van der Waals surface area (Å²) in [5, 5.41) is 24.4. The van der Waals surface area contributed by atoms with Gasteiger partial charge in [0.05, 0.1) is 15.5 Å². The van der Waals surface area contributed by atoms with Gasteiger partial charge >= 0.3 is 0 Å². The van der Waals surface area contributed by atoms with Crippen molar-refractivity contribution >= 4 is 38.2 Å². The molecule has 0 spiro atoms. The number of nitro groups is 1. The Kier molecular flexibility index (Phi) is 4.75.